The summed E-state index contributed by atoms with van der Waals surface area (Å²) in [6, 6.07) is 13.3. The largest absolute Gasteiger partial charge is 0.481 e. The van der Waals surface area contributed by atoms with Crippen LogP contribution in [0.4, 0.5) is 5.69 Å². The van der Waals surface area contributed by atoms with Gasteiger partial charge in [0.15, 0.2) is 11.8 Å². The first-order valence-electron chi connectivity index (χ1n) is 8.96. The molecule has 2 aromatic carbocycles. The van der Waals surface area contributed by atoms with Crippen LogP contribution in [-0.4, -0.2) is 41.3 Å². The summed E-state index contributed by atoms with van der Waals surface area (Å²) >= 11 is 1.15. The lowest BCUT2D eigenvalue weighted by atomic mass is 10.2. The van der Waals surface area contributed by atoms with Crippen molar-refractivity contribution < 1.29 is 29.0 Å². The van der Waals surface area contributed by atoms with Gasteiger partial charge in [0.25, 0.3) is 5.91 Å². The SMILES string of the molecule is CCOC(=O)c1ccc(N=C2NC(=O)/C(=C\c3ccccc3OCC(=O)O)S2)cc1. The number of esters is 1. The molecule has 0 aromatic heterocycles. The van der Waals surface area contributed by atoms with Gasteiger partial charge in [0, 0.05) is 5.56 Å². The van der Waals surface area contributed by atoms with Crippen LogP contribution in [0.15, 0.2) is 58.4 Å². The van der Waals surface area contributed by atoms with Gasteiger partial charge in [-0.15, -0.1) is 0 Å². The molecule has 3 rings (SSSR count). The lowest BCUT2D eigenvalue weighted by molar-refractivity contribution is -0.139. The highest BCUT2D eigenvalue weighted by Crippen LogP contribution is 2.30. The molecule has 154 valence electrons. The molecule has 30 heavy (non-hydrogen) atoms. The predicted molar refractivity (Wildman–Crippen MR) is 113 cm³/mol. The molecule has 0 atom stereocenters. The third-order valence-corrected chi connectivity index (χ3v) is 4.73. The second-order valence-electron chi connectivity index (χ2n) is 5.97. The Morgan fingerprint density at radius 2 is 1.90 bits per heavy atom. The van der Waals surface area contributed by atoms with Crippen molar-refractivity contribution in [1.82, 2.24) is 5.32 Å². The third kappa shape index (κ3) is 5.48. The van der Waals surface area contributed by atoms with E-state index < -0.39 is 18.5 Å². The second kappa shape index (κ2) is 9.75. The normalized spacial score (nSPS) is 15.8. The standard InChI is InChI=1S/C21H18N2O6S/c1-2-28-20(27)13-7-9-15(10-8-13)22-21-23-19(26)17(30-21)11-14-5-3-4-6-16(14)29-12-18(24)25/h3-11H,2,12H2,1H3,(H,24,25)(H,22,23,26)/b17-11+. The van der Waals surface area contributed by atoms with E-state index in [2.05, 4.69) is 10.3 Å². The number of carbonyl (C=O) groups is 3. The molecular formula is C21H18N2O6S. The van der Waals surface area contributed by atoms with Gasteiger partial charge in [0.05, 0.1) is 22.8 Å². The molecule has 1 amide bonds. The van der Waals surface area contributed by atoms with Gasteiger partial charge in [-0.25, -0.2) is 14.6 Å². The number of para-hydroxylation sites is 1. The molecule has 8 nitrogen and oxygen atoms in total. The maximum atomic E-state index is 12.3. The summed E-state index contributed by atoms with van der Waals surface area (Å²) in [5.41, 5.74) is 1.57. The van der Waals surface area contributed by atoms with Gasteiger partial charge in [0.2, 0.25) is 0 Å². The van der Waals surface area contributed by atoms with E-state index >= 15 is 0 Å². The van der Waals surface area contributed by atoms with Crippen LogP contribution in [0.1, 0.15) is 22.8 Å². The number of ether oxygens (including phenoxy) is 2. The average Bonchev–Trinajstić information content (AvgIpc) is 3.06. The van der Waals surface area contributed by atoms with Crippen LogP contribution in [0.2, 0.25) is 0 Å². The van der Waals surface area contributed by atoms with Gasteiger partial charge in [-0.3, -0.25) is 4.79 Å². The topological polar surface area (TPSA) is 114 Å². The molecule has 1 aliphatic rings. The summed E-state index contributed by atoms with van der Waals surface area (Å²) in [6.07, 6.45) is 1.61. The van der Waals surface area contributed by atoms with E-state index in [0.29, 0.717) is 39.2 Å². The molecule has 1 saturated heterocycles. The number of amides is 1. The number of carbonyl (C=O) groups excluding carboxylic acids is 2. The molecule has 1 heterocycles. The van der Waals surface area contributed by atoms with Crippen molar-refractivity contribution in [3.05, 3.63) is 64.6 Å². The van der Waals surface area contributed by atoms with E-state index in [1.807, 2.05) is 0 Å². The number of amidine groups is 1. The average molecular weight is 426 g/mol. The van der Waals surface area contributed by atoms with Gasteiger partial charge in [0.1, 0.15) is 5.75 Å². The van der Waals surface area contributed by atoms with Crippen molar-refractivity contribution in [2.75, 3.05) is 13.2 Å². The van der Waals surface area contributed by atoms with E-state index in [9.17, 15) is 14.4 Å². The number of rotatable bonds is 7. The van der Waals surface area contributed by atoms with E-state index in [-0.39, 0.29) is 5.91 Å². The summed E-state index contributed by atoms with van der Waals surface area (Å²) in [4.78, 5) is 39.5. The van der Waals surface area contributed by atoms with Crippen molar-refractivity contribution in [1.29, 1.82) is 0 Å². The number of carboxylic acids is 1. The van der Waals surface area contributed by atoms with Crippen LogP contribution >= 0.6 is 11.8 Å². The van der Waals surface area contributed by atoms with Crippen LogP contribution < -0.4 is 10.1 Å². The fourth-order valence-corrected chi connectivity index (χ4v) is 3.33. The summed E-state index contributed by atoms with van der Waals surface area (Å²) in [6.45, 7) is 1.55. The Hall–Kier alpha value is -3.59. The fourth-order valence-electron chi connectivity index (χ4n) is 2.50. The van der Waals surface area contributed by atoms with Gasteiger partial charge in [-0.1, -0.05) is 18.2 Å². The molecule has 0 spiro atoms. The minimum absolute atomic E-state index is 0.297. The zero-order valence-electron chi connectivity index (χ0n) is 16.0. The molecule has 1 aliphatic heterocycles. The van der Waals surface area contributed by atoms with Crippen molar-refractivity contribution in [3.63, 3.8) is 0 Å². The molecule has 1 fully saturated rings. The smallest absolute Gasteiger partial charge is 0.341 e. The number of nitrogens with one attached hydrogen (secondary N) is 1. The summed E-state index contributed by atoms with van der Waals surface area (Å²) in [7, 11) is 0. The fraction of sp³-hybridized carbons (Fsp3) is 0.143. The zero-order chi connectivity index (χ0) is 21.5. The maximum Gasteiger partial charge on any atom is 0.341 e. The molecule has 9 heteroatoms. The van der Waals surface area contributed by atoms with E-state index in [4.69, 9.17) is 14.6 Å². The second-order valence-corrected chi connectivity index (χ2v) is 7.00. The molecule has 0 saturated carbocycles. The van der Waals surface area contributed by atoms with E-state index in [1.54, 1.807) is 61.5 Å². The van der Waals surface area contributed by atoms with Crippen LogP contribution in [0.25, 0.3) is 6.08 Å². The Morgan fingerprint density at radius 1 is 1.17 bits per heavy atom. The Kier molecular flexibility index (Phi) is 6.87. The van der Waals surface area contributed by atoms with E-state index in [0.717, 1.165) is 11.8 Å². The molecular weight excluding hydrogens is 408 g/mol. The third-order valence-electron chi connectivity index (χ3n) is 3.82. The number of nitrogens with zero attached hydrogens (tertiary/aromatic N) is 1. The molecule has 2 aromatic rings. The van der Waals surface area contributed by atoms with Crippen molar-refractivity contribution >= 4 is 46.5 Å². The number of aliphatic carboxylic acids is 1. The van der Waals surface area contributed by atoms with E-state index in [1.165, 1.54) is 0 Å². The number of thioether (sulfide) groups is 1. The highest BCUT2D eigenvalue weighted by atomic mass is 32.2. The number of benzene rings is 2. The molecule has 0 bridgehead atoms. The summed E-state index contributed by atoms with van der Waals surface area (Å²) < 4.78 is 10.2. The minimum atomic E-state index is -1.09. The number of hydrogen-bond donors (Lipinski definition) is 2. The molecule has 0 radical (unpaired) electrons. The first-order valence-corrected chi connectivity index (χ1v) is 9.78. The van der Waals surface area contributed by atoms with Crippen LogP contribution in [0, 0.1) is 0 Å². The van der Waals surface area contributed by atoms with Gasteiger partial charge >= 0.3 is 11.9 Å². The van der Waals surface area contributed by atoms with Crippen LogP contribution in [-0.2, 0) is 14.3 Å². The number of hydrogen-bond acceptors (Lipinski definition) is 7. The Labute approximate surface area is 176 Å². The Bertz CT molecular complexity index is 1030. The van der Waals surface area contributed by atoms with Gasteiger partial charge in [-0.2, -0.15) is 0 Å². The molecule has 0 aliphatic carbocycles. The van der Waals surface area contributed by atoms with Crippen molar-refractivity contribution in [2.45, 2.75) is 6.92 Å². The molecule has 0 unspecified atom stereocenters. The van der Waals surface area contributed by atoms with Crippen LogP contribution in [0.3, 0.4) is 0 Å². The summed E-state index contributed by atoms with van der Waals surface area (Å²) in [5, 5.41) is 11.9. The Morgan fingerprint density at radius 3 is 2.60 bits per heavy atom. The first kappa shape index (κ1) is 21.1. The highest BCUT2D eigenvalue weighted by molar-refractivity contribution is 8.18. The first-order chi connectivity index (χ1) is 14.5. The van der Waals surface area contributed by atoms with Gasteiger partial charge < -0.3 is 19.9 Å². The van der Waals surface area contributed by atoms with Gasteiger partial charge in [-0.05, 0) is 55.1 Å². The number of carboxylic acid groups (broad SMARTS) is 1. The van der Waals surface area contributed by atoms with Crippen molar-refractivity contribution in [2.24, 2.45) is 4.99 Å². The Balaban J connectivity index is 1.75. The molecule has 2 N–H and O–H groups in total. The number of aliphatic imine (C=N–C) groups is 1. The van der Waals surface area contributed by atoms with Crippen molar-refractivity contribution in [3.8, 4) is 5.75 Å². The lowest BCUT2D eigenvalue weighted by Crippen LogP contribution is -2.19. The minimum Gasteiger partial charge on any atom is -0.481 e. The maximum absolute atomic E-state index is 12.3. The zero-order valence-corrected chi connectivity index (χ0v) is 16.8. The monoisotopic (exact) mass is 426 g/mol. The van der Waals surface area contributed by atoms with Crippen LogP contribution in [0.5, 0.6) is 5.75 Å². The quantitative estimate of drug-likeness (QED) is 0.516. The highest BCUT2D eigenvalue weighted by Gasteiger charge is 2.24. The lowest BCUT2D eigenvalue weighted by Gasteiger charge is -2.06. The predicted octanol–water partition coefficient (Wildman–Crippen LogP) is 3.22. The summed E-state index contributed by atoms with van der Waals surface area (Å²) in [5.74, 6) is -1.46.